The highest BCUT2D eigenvalue weighted by atomic mass is 35.5. The first-order valence-electron chi connectivity index (χ1n) is 9.13. The van der Waals surface area contributed by atoms with Gasteiger partial charge in [-0.3, -0.25) is 4.79 Å². The van der Waals surface area contributed by atoms with E-state index in [0.717, 1.165) is 0 Å². The van der Waals surface area contributed by atoms with Gasteiger partial charge >= 0.3 is 5.97 Å². The summed E-state index contributed by atoms with van der Waals surface area (Å²) in [5.74, 6) is 0.271. The van der Waals surface area contributed by atoms with E-state index in [1.54, 1.807) is 43.3 Å². The largest absolute Gasteiger partial charge is 0.465 e. The molecule has 150 valence electrons. The molecular formula is C23H17ClN2O4. The topological polar surface area (TPSA) is 72.1 Å². The summed E-state index contributed by atoms with van der Waals surface area (Å²) in [6.45, 7) is 1.78. The monoisotopic (exact) mass is 420 g/mol. The molecule has 2 heterocycles. The Balaban J connectivity index is 1.62. The zero-order valence-electron chi connectivity index (χ0n) is 16.3. The zero-order chi connectivity index (χ0) is 21.3. The number of hydrogen-bond acceptors (Lipinski definition) is 5. The molecule has 0 N–H and O–H groups in total. The lowest BCUT2D eigenvalue weighted by Gasteiger charge is -2.10. The predicted octanol–water partition coefficient (Wildman–Crippen LogP) is 5.19. The number of amides is 1. The Morgan fingerprint density at radius 3 is 2.63 bits per heavy atom. The maximum absolute atomic E-state index is 12.8. The highest BCUT2D eigenvalue weighted by molar-refractivity contribution is 6.33. The number of furan rings is 1. The van der Waals surface area contributed by atoms with Gasteiger partial charge in [-0.25, -0.2) is 4.79 Å². The van der Waals surface area contributed by atoms with E-state index in [4.69, 9.17) is 20.8 Å². The number of halogens is 1. The third-order valence-electron chi connectivity index (χ3n) is 4.63. The standard InChI is InChI=1S/C23H17ClN2O4/c1-14-18(22(27)26(25-14)16-6-4-3-5-7-16)13-17-9-11-21(30-17)15-8-10-20(24)19(12-15)23(28)29-2/h3-13H,1-2H3/b18-13-. The molecule has 3 aromatic rings. The molecule has 1 aliphatic heterocycles. The van der Waals surface area contributed by atoms with Crippen molar-refractivity contribution in [2.45, 2.75) is 6.92 Å². The molecule has 0 atom stereocenters. The first-order chi connectivity index (χ1) is 14.5. The maximum atomic E-state index is 12.8. The molecule has 6 nitrogen and oxygen atoms in total. The fourth-order valence-electron chi connectivity index (χ4n) is 3.10. The highest BCUT2D eigenvalue weighted by Gasteiger charge is 2.29. The van der Waals surface area contributed by atoms with Gasteiger partial charge in [0.25, 0.3) is 5.91 Å². The molecule has 0 spiro atoms. The second-order valence-electron chi connectivity index (χ2n) is 6.58. The Morgan fingerprint density at radius 2 is 1.90 bits per heavy atom. The lowest BCUT2D eigenvalue weighted by molar-refractivity contribution is -0.114. The minimum atomic E-state index is -0.528. The van der Waals surface area contributed by atoms with Crippen LogP contribution in [-0.4, -0.2) is 24.7 Å². The Hall–Kier alpha value is -3.64. The van der Waals surface area contributed by atoms with Gasteiger partial charge in [0.1, 0.15) is 11.5 Å². The molecule has 0 fully saturated rings. The van der Waals surface area contributed by atoms with Gasteiger partial charge in [0, 0.05) is 5.56 Å². The summed E-state index contributed by atoms with van der Waals surface area (Å²) in [4.78, 5) is 24.7. The maximum Gasteiger partial charge on any atom is 0.339 e. The van der Waals surface area contributed by atoms with Crippen LogP contribution in [0.3, 0.4) is 0 Å². The van der Waals surface area contributed by atoms with Gasteiger partial charge in [-0.15, -0.1) is 0 Å². The zero-order valence-corrected chi connectivity index (χ0v) is 17.0. The quantitative estimate of drug-likeness (QED) is 0.430. The van der Waals surface area contributed by atoms with E-state index in [2.05, 4.69) is 5.10 Å². The molecule has 2 aromatic carbocycles. The number of methoxy groups -OCH3 is 1. The third-order valence-corrected chi connectivity index (χ3v) is 4.96. The molecule has 4 rings (SSSR count). The van der Waals surface area contributed by atoms with Crippen molar-refractivity contribution in [3.63, 3.8) is 0 Å². The molecule has 0 unspecified atom stereocenters. The normalized spacial score (nSPS) is 14.9. The lowest BCUT2D eigenvalue weighted by atomic mass is 10.1. The Bertz CT molecular complexity index is 1190. The van der Waals surface area contributed by atoms with E-state index in [1.807, 2.05) is 30.3 Å². The molecule has 30 heavy (non-hydrogen) atoms. The first-order valence-corrected chi connectivity index (χ1v) is 9.50. The summed E-state index contributed by atoms with van der Waals surface area (Å²) in [5, 5.41) is 6.02. The van der Waals surface area contributed by atoms with Crippen molar-refractivity contribution in [3.8, 4) is 11.3 Å². The van der Waals surface area contributed by atoms with E-state index in [1.165, 1.54) is 12.1 Å². The summed E-state index contributed by atoms with van der Waals surface area (Å²) in [5.41, 5.74) is 2.66. The number of carbonyl (C=O) groups excluding carboxylic acids is 2. The molecule has 0 saturated carbocycles. The summed E-state index contributed by atoms with van der Waals surface area (Å²) < 4.78 is 10.6. The van der Waals surface area contributed by atoms with E-state index in [-0.39, 0.29) is 11.5 Å². The van der Waals surface area contributed by atoms with Gasteiger partial charge in [-0.05, 0) is 55.5 Å². The number of anilines is 1. The first kappa shape index (κ1) is 19.7. The van der Waals surface area contributed by atoms with Crippen molar-refractivity contribution in [3.05, 3.63) is 82.6 Å². The SMILES string of the molecule is COC(=O)c1cc(-c2ccc(/C=C3\C(=O)N(c4ccccc4)N=C3C)o2)ccc1Cl. The second-order valence-corrected chi connectivity index (χ2v) is 6.99. The number of nitrogens with zero attached hydrogens (tertiary/aromatic N) is 2. The summed E-state index contributed by atoms with van der Waals surface area (Å²) in [7, 11) is 1.30. The van der Waals surface area contributed by atoms with Crippen molar-refractivity contribution < 1.29 is 18.7 Å². The minimum Gasteiger partial charge on any atom is -0.465 e. The van der Waals surface area contributed by atoms with Crippen LogP contribution < -0.4 is 5.01 Å². The number of hydrogen-bond donors (Lipinski definition) is 0. The Kier molecular flexibility index (Phi) is 5.25. The fraction of sp³-hybridized carbons (Fsp3) is 0.0870. The number of para-hydroxylation sites is 1. The average Bonchev–Trinajstić information content (AvgIpc) is 3.34. The van der Waals surface area contributed by atoms with Gasteiger partial charge in [-0.2, -0.15) is 10.1 Å². The van der Waals surface area contributed by atoms with Crippen LogP contribution in [0.25, 0.3) is 17.4 Å². The van der Waals surface area contributed by atoms with Gasteiger partial charge in [-0.1, -0.05) is 29.8 Å². The second kappa shape index (κ2) is 8.00. The van der Waals surface area contributed by atoms with Crippen molar-refractivity contribution in [1.82, 2.24) is 0 Å². The number of ether oxygens (including phenoxy) is 1. The molecule has 7 heteroatoms. The molecular weight excluding hydrogens is 404 g/mol. The number of benzene rings is 2. The van der Waals surface area contributed by atoms with E-state index in [9.17, 15) is 9.59 Å². The Labute approximate surface area is 178 Å². The number of hydrazone groups is 1. The average molecular weight is 421 g/mol. The Morgan fingerprint density at radius 1 is 1.13 bits per heavy atom. The van der Waals surface area contributed by atoms with Crippen LogP contribution in [0.15, 0.2) is 75.8 Å². The van der Waals surface area contributed by atoms with Crippen molar-refractivity contribution >= 4 is 41.0 Å². The number of esters is 1. The van der Waals surface area contributed by atoms with Gasteiger partial charge in [0.2, 0.25) is 0 Å². The smallest absolute Gasteiger partial charge is 0.339 e. The third kappa shape index (κ3) is 3.65. The number of rotatable bonds is 4. The lowest BCUT2D eigenvalue weighted by Crippen LogP contribution is -2.21. The van der Waals surface area contributed by atoms with E-state index < -0.39 is 5.97 Å². The fourth-order valence-corrected chi connectivity index (χ4v) is 3.30. The van der Waals surface area contributed by atoms with Gasteiger partial charge in [0.15, 0.2) is 0 Å². The van der Waals surface area contributed by atoms with Crippen LogP contribution >= 0.6 is 11.6 Å². The van der Waals surface area contributed by atoms with Crippen LogP contribution in [0.1, 0.15) is 23.0 Å². The molecule has 1 amide bonds. The summed E-state index contributed by atoms with van der Waals surface area (Å²) in [6, 6.07) is 17.7. The van der Waals surface area contributed by atoms with Crippen LogP contribution in [0.2, 0.25) is 5.02 Å². The predicted molar refractivity (Wildman–Crippen MR) is 116 cm³/mol. The van der Waals surface area contributed by atoms with E-state index >= 15 is 0 Å². The molecule has 1 aliphatic rings. The van der Waals surface area contributed by atoms with Crippen LogP contribution in [0.5, 0.6) is 0 Å². The van der Waals surface area contributed by atoms with Gasteiger partial charge in [0.05, 0.1) is 34.7 Å². The number of carbonyl (C=O) groups is 2. The molecule has 0 radical (unpaired) electrons. The minimum absolute atomic E-state index is 0.226. The molecule has 0 aliphatic carbocycles. The molecule has 1 aromatic heterocycles. The van der Waals surface area contributed by atoms with Crippen LogP contribution in [0, 0.1) is 0 Å². The highest BCUT2D eigenvalue weighted by Crippen LogP contribution is 2.29. The van der Waals surface area contributed by atoms with Crippen molar-refractivity contribution in [1.29, 1.82) is 0 Å². The van der Waals surface area contributed by atoms with Crippen molar-refractivity contribution in [2.75, 3.05) is 12.1 Å². The van der Waals surface area contributed by atoms with Gasteiger partial charge < -0.3 is 9.15 Å². The molecule has 0 bridgehead atoms. The molecule has 0 saturated heterocycles. The summed E-state index contributed by atoms with van der Waals surface area (Å²) in [6.07, 6.45) is 1.66. The van der Waals surface area contributed by atoms with Crippen molar-refractivity contribution in [2.24, 2.45) is 5.10 Å². The summed E-state index contributed by atoms with van der Waals surface area (Å²) >= 11 is 6.08. The van der Waals surface area contributed by atoms with Crippen LogP contribution in [0.4, 0.5) is 5.69 Å². The van der Waals surface area contributed by atoms with Crippen LogP contribution in [-0.2, 0) is 9.53 Å². The van der Waals surface area contributed by atoms with E-state index in [0.29, 0.717) is 39.1 Å².